The van der Waals surface area contributed by atoms with Gasteiger partial charge in [0.05, 0.1) is 4.92 Å². The van der Waals surface area contributed by atoms with E-state index in [4.69, 9.17) is 0 Å². The van der Waals surface area contributed by atoms with Gasteiger partial charge in [0, 0.05) is 29.8 Å². The van der Waals surface area contributed by atoms with Crippen LogP contribution in [0, 0.1) is 10.1 Å². The Bertz CT molecular complexity index is 472. The number of nitrogens with zero attached hydrogens (tertiary/aromatic N) is 2. The van der Waals surface area contributed by atoms with E-state index in [-0.39, 0.29) is 11.7 Å². The molecular weight excluding hydrogens is 242 g/mol. The molecule has 1 aliphatic rings. The van der Waals surface area contributed by atoms with Gasteiger partial charge in [-0.3, -0.25) is 10.1 Å². The number of benzene rings is 1. The molecule has 88 valence electrons. The molecule has 17 heavy (non-hydrogen) atoms. The lowest BCUT2D eigenvalue weighted by Gasteiger charge is -2.12. The Hall–Kier alpha value is -2.02. The number of hydrogen-bond donors (Lipinski definition) is 1. The molecule has 7 heteroatoms. The highest BCUT2D eigenvalue weighted by atomic mass is 32.2. The van der Waals surface area contributed by atoms with E-state index in [0.29, 0.717) is 5.69 Å². The van der Waals surface area contributed by atoms with Gasteiger partial charge < -0.3 is 5.32 Å². The molecule has 6 nitrogen and oxygen atoms in total. The average molecular weight is 251 g/mol. The van der Waals surface area contributed by atoms with E-state index in [2.05, 4.69) is 5.32 Å². The van der Waals surface area contributed by atoms with Crippen LogP contribution in [0.1, 0.15) is 0 Å². The Balaban J connectivity index is 2.01. The van der Waals surface area contributed by atoms with Gasteiger partial charge in [0.15, 0.2) is 0 Å². The van der Waals surface area contributed by atoms with Gasteiger partial charge in [-0.2, -0.15) is 0 Å². The van der Waals surface area contributed by atoms with Crippen molar-refractivity contribution in [2.45, 2.75) is 0 Å². The summed E-state index contributed by atoms with van der Waals surface area (Å²) in [5.74, 6) is 0.772. The first-order chi connectivity index (χ1) is 8.16. The number of nitro groups is 1. The molecule has 1 heterocycles. The fourth-order valence-electron chi connectivity index (χ4n) is 1.28. The zero-order chi connectivity index (χ0) is 12.3. The molecule has 0 bridgehead atoms. The molecule has 1 aromatic rings. The third kappa shape index (κ3) is 2.76. The summed E-state index contributed by atoms with van der Waals surface area (Å²) in [6.45, 7) is 0. The summed E-state index contributed by atoms with van der Waals surface area (Å²) in [6, 6.07) is 5.43. The van der Waals surface area contributed by atoms with Gasteiger partial charge in [-0.1, -0.05) is 6.08 Å². The van der Waals surface area contributed by atoms with Crippen LogP contribution >= 0.6 is 11.9 Å². The van der Waals surface area contributed by atoms with Crippen molar-refractivity contribution in [2.24, 2.45) is 0 Å². The molecule has 2 amide bonds. The van der Waals surface area contributed by atoms with Crippen LogP contribution in [-0.2, 0) is 0 Å². The highest BCUT2D eigenvalue weighted by Gasteiger charge is 2.14. The number of hydrogen-bond acceptors (Lipinski definition) is 4. The number of nitro benzene ring substituents is 1. The summed E-state index contributed by atoms with van der Waals surface area (Å²) in [4.78, 5) is 21.6. The molecule has 0 fully saturated rings. The monoisotopic (exact) mass is 251 g/mol. The van der Waals surface area contributed by atoms with Crippen molar-refractivity contribution in [1.29, 1.82) is 0 Å². The maximum absolute atomic E-state index is 11.6. The standard InChI is InChI=1S/C10H9N3O3S/c14-10(12-6-1-7-17-12)11-8-2-4-9(5-3-8)13(15)16/h1-6H,7H2,(H,11,14). The van der Waals surface area contributed by atoms with Crippen LogP contribution in [0.5, 0.6) is 0 Å². The summed E-state index contributed by atoms with van der Waals surface area (Å²) in [6.07, 6.45) is 3.56. The molecule has 0 aliphatic carbocycles. The smallest absolute Gasteiger partial charge is 0.307 e. The van der Waals surface area contributed by atoms with E-state index in [9.17, 15) is 14.9 Å². The summed E-state index contributed by atoms with van der Waals surface area (Å²) >= 11 is 1.38. The second-order valence-corrected chi connectivity index (χ2v) is 4.23. The van der Waals surface area contributed by atoms with Gasteiger partial charge in [-0.25, -0.2) is 9.10 Å². The van der Waals surface area contributed by atoms with Crippen LogP contribution in [0.15, 0.2) is 36.5 Å². The Kier molecular flexibility index (Phi) is 3.29. The quantitative estimate of drug-likeness (QED) is 0.498. The second-order valence-electron chi connectivity index (χ2n) is 3.24. The van der Waals surface area contributed by atoms with E-state index in [1.165, 1.54) is 40.5 Å². The van der Waals surface area contributed by atoms with Crippen LogP contribution in [0.4, 0.5) is 16.2 Å². The molecule has 1 aliphatic heterocycles. The van der Waals surface area contributed by atoms with Crippen LogP contribution in [-0.4, -0.2) is 21.0 Å². The van der Waals surface area contributed by atoms with Crippen molar-refractivity contribution in [2.75, 3.05) is 11.1 Å². The molecule has 2 rings (SSSR count). The Morgan fingerprint density at radius 3 is 2.65 bits per heavy atom. The van der Waals surface area contributed by atoms with E-state index in [0.717, 1.165) is 5.75 Å². The minimum Gasteiger partial charge on any atom is -0.307 e. The summed E-state index contributed by atoms with van der Waals surface area (Å²) in [7, 11) is 0. The number of rotatable bonds is 2. The number of non-ortho nitro benzene ring substituents is 1. The van der Waals surface area contributed by atoms with Crippen molar-refractivity contribution in [3.05, 3.63) is 46.7 Å². The maximum atomic E-state index is 11.6. The molecule has 0 radical (unpaired) electrons. The van der Waals surface area contributed by atoms with Gasteiger partial charge in [-0.05, 0) is 24.1 Å². The lowest BCUT2D eigenvalue weighted by Crippen LogP contribution is -2.23. The molecule has 0 saturated carbocycles. The van der Waals surface area contributed by atoms with Crippen LogP contribution in [0.25, 0.3) is 0 Å². The van der Waals surface area contributed by atoms with Gasteiger partial charge >= 0.3 is 6.03 Å². The molecule has 0 spiro atoms. The van der Waals surface area contributed by atoms with Crippen LogP contribution < -0.4 is 5.32 Å². The molecule has 0 atom stereocenters. The fraction of sp³-hybridized carbons (Fsp3) is 0.100. The van der Waals surface area contributed by atoms with Crippen molar-refractivity contribution >= 4 is 29.4 Å². The normalized spacial score (nSPS) is 13.8. The van der Waals surface area contributed by atoms with Crippen LogP contribution in [0.2, 0.25) is 0 Å². The largest absolute Gasteiger partial charge is 0.336 e. The zero-order valence-electron chi connectivity index (χ0n) is 8.70. The first kappa shape index (κ1) is 11.5. The van der Waals surface area contributed by atoms with E-state index < -0.39 is 4.92 Å². The molecule has 1 aromatic carbocycles. The predicted molar refractivity (Wildman–Crippen MR) is 65.6 cm³/mol. The summed E-state index contributed by atoms with van der Waals surface area (Å²) < 4.78 is 1.47. The number of nitrogens with one attached hydrogen (secondary N) is 1. The molecule has 1 N–H and O–H groups in total. The Labute approximate surface area is 102 Å². The number of carbonyl (C=O) groups is 1. The van der Waals surface area contributed by atoms with Gasteiger partial charge in [0.2, 0.25) is 0 Å². The minimum absolute atomic E-state index is 0.00144. The second kappa shape index (κ2) is 4.88. The van der Waals surface area contributed by atoms with Gasteiger partial charge in [0.1, 0.15) is 0 Å². The van der Waals surface area contributed by atoms with E-state index in [1.54, 1.807) is 6.20 Å². The topological polar surface area (TPSA) is 75.5 Å². The van der Waals surface area contributed by atoms with Crippen molar-refractivity contribution < 1.29 is 9.72 Å². The first-order valence-electron chi connectivity index (χ1n) is 4.81. The van der Waals surface area contributed by atoms with Gasteiger partial charge in [0.25, 0.3) is 5.69 Å². The third-order valence-electron chi connectivity index (χ3n) is 2.08. The van der Waals surface area contributed by atoms with E-state index >= 15 is 0 Å². The van der Waals surface area contributed by atoms with Crippen molar-refractivity contribution in [3.8, 4) is 0 Å². The fourth-order valence-corrected chi connectivity index (χ4v) is 1.94. The predicted octanol–water partition coefficient (Wildman–Crippen LogP) is 2.60. The zero-order valence-corrected chi connectivity index (χ0v) is 9.52. The number of carbonyl (C=O) groups excluding carboxylic acids is 1. The lowest BCUT2D eigenvalue weighted by atomic mass is 10.3. The molecule has 0 saturated heterocycles. The number of urea groups is 1. The van der Waals surface area contributed by atoms with Crippen molar-refractivity contribution in [1.82, 2.24) is 4.31 Å². The number of amides is 2. The van der Waals surface area contributed by atoms with E-state index in [1.807, 2.05) is 6.08 Å². The average Bonchev–Trinajstić information content (AvgIpc) is 2.83. The number of anilines is 1. The third-order valence-corrected chi connectivity index (χ3v) is 2.99. The maximum Gasteiger partial charge on any atom is 0.336 e. The SMILES string of the molecule is O=C(Nc1ccc([N+](=O)[O-])cc1)N1C=CCS1. The summed E-state index contributed by atoms with van der Waals surface area (Å²) in [5, 5.41) is 13.1. The van der Waals surface area contributed by atoms with Crippen molar-refractivity contribution in [3.63, 3.8) is 0 Å². The highest BCUT2D eigenvalue weighted by Crippen LogP contribution is 2.20. The summed E-state index contributed by atoms with van der Waals surface area (Å²) in [5.41, 5.74) is 0.528. The Morgan fingerprint density at radius 2 is 2.12 bits per heavy atom. The molecule has 0 unspecified atom stereocenters. The highest BCUT2D eigenvalue weighted by molar-refractivity contribution is 7.98. The minimum atomic E-state index is -0.481. The lowest BCUT2D eigenvalue weighted by molar-refractivity contribution is -0.384. The first-order valence-corrected chi connectivity index (χ1v) is 5.75. The van der Waals surface area contributed by atoms with Crippen LogP contribution in [0.3, 0.4) is 0 Å². The molecule has 0 aromatic heterocycles. The van der Waals surface area contributed by atoms with Gasteiger partial charge in [-0.15, -0.1) is 0 Å². The Morgan fingerprint density at radius 1 is 1.41 bits per heavy atom. The molecular formula is C10H9N3O3S.